The average Bonchev–Trinajstić information content (AvgIpc) is 2.40. The molecule has 0 unspecified atom stereocenters. The highest BCUT2D eigenvalue weighted by atomic mass is 19.4. The molecular weight excluding hydrogens is 271 g/mol. The minimum Gasteiger partial charge on any atom is -0.373 e. The van der Waals surface area contributed by atoms with E-state index in [1.165, 1.54) is 0 Å². The van der Waals surface area contributed by atoms with Gasteiger partial charge in [0.1, 0.15) is 5.82 Å². The van der Waals surface area contributed by atoms with Crippen molar-refractivity contribution in [1.29, 1.82) is 0 Å². The molecule has 7 heteroatoms. The molecule has 0 aliphatic carbocycles. The topological polar surface area (TPSA) is 46.9 Å². The fourth-order valence-electron chi connectivity index (χ4n) is 1.70. The molecular formula is C13H12F3N3O. The van der Waals surface area contributed by atoms with Crippen molar-refractivity contribution in [1.82, 2.24) is 9.55 Å². The van der Waals surface area contributed by atoms with E-state index in [2.05, 4.69) is 10.3 Å². The minimum atomic E-state index is -4.48. The van der Waals surface area contributed by atoms with E-state index in [4.69, 9.17) is 0 Å². The van der Waals surface area contributed by atoms with Gasteiger partial charge in [0.25, 0.3) is 5.56 Å². The number of nitrogens with zero attached hydrogens (tertiary/aromatic N) is 2. The second kappa shape index (κ2) is 5.36. The number of alkyl halides is 3. The van der Waals surface area contributed by atoms with Gasteiger partial charge in [0.15, 0.2) is 0 Å². The van der Waals surface area contributed by atoms with Gasteiger partial charge in [-0.2, -0.15) is 13.2 Å². The molecule has 0 amide bonds. The van der Waals surface area contributed by atoms with E-state index < -0.39 is 17.3 Å². The normalized spacial score (nSPS) is 11.4. The van der Waals surface area contributed by atoms with Crippen LogP contribution in [0.3, 0.4) is 0 Å². The first-order chi connectivity index (χ1) is 9.40. The summed E-state index contributed by atoms with van der Waals surface area (Å²) in [5.74, 6) is 0.586. The zero-order valence-corrected chi connectivity index (χ0v) is 10.6. The summed E-state index contributed by atoms with van der Waals surface area (Å²) in [4.78, 5) is 15.8. The van der Waals surface area contributed by atoms with Crippen molar-refractivity contribution in [3.05, 3.63) is 58.1 Å². The quantitative estimate of drug-likeness (QED) is 0.940. The third-order valence-electron chi connectivity index (χ3n) is 2.71. The minimum absolute atomic E-state index is 0.0156. The van der Waals surface area contributed by atoms with E-state index >= 15 is 0 Å². The SMILES string of the molecule is CNc1cccc(Cn2cc(C(F)(F)F)ccc2=O)n1. The Morgan fingerprint density at radius 2 is 2.00 bits per heavy atom. The van der Waals surface area contributed by atoms with Crippen molar-refractivity contribution in [2.24, 2.45) is 0 Å². The molecule has 0 aromatic carbocycles. The van der Waals surface area contributed by atoms with Crippen molar-refractivity contribution >= 4 is 5.82 Å². The third kappa shape index (κ3) is 3.17. The lowest BCUT2D eigenvalue weighted by Gasteiger charge is -2.11. The van der Waals surface area contributed by atoms with Crippen molar-refractivity contribution in [2.75, 3.05) is 12.4 Å². The average molecular weight is 283 g/mol. The van der Waals surface area contributed by atoms with Gasteiger partial charge in [-0.1, -0.05) is 6.07 Å². The van der Waals surface area contributed by atoms with Gasteiger partial charge in [0.05, 0.1) is 17.8 Å². The largest absolute Gasteiger partial charge is 0.417 e. The molecule has 0 saturated carbocycles. The van der Waals surface area contributed by atoms with Crippen molar-refractivity contribution in [3.8, 4) is 0 Å². The highest BCUT2D eigenvalue weighted by Crippen LogP contribution is 2.28. The Balaban J connectivity index is 2.35. The predicted molar refractivity (Wildman–Crippen MR) is 68.6 cm³/mol. The summed E-state index contributed by atoms with van der Waals surface area (Å²) in [7, 11) is 1.68. The molecule has 1 N–H and O–H groups in total. The van der Waals surface area contributed by atoms with Crippen LogP contribution >= 0.6 is 0 Å². The fraction of sp³-hybridized carbons (Fsp3) is 0.231. The maximum absolute atomic E-state index is 12.6. The van der Waals surface area contributed by atoms with E-state index in [1.807, 2.05) is 0 Å². The van der Waals surface area contributed by atoms with E-state index in [-0.39, 0.29) is 6.54 Å². The lowest BCUT2D eigenvalue weighted by Crippen LogP contribution is -2.22. The van der Waals surface area contributed by atoms with Crippen LogP contribution in [0, 0.1) is 0 Å². The Kier molecular flexibility index (Phi) is 3.78. The smallest absolute Gasteiger partial charge is 0.373 e. The van der Waals surface area contributed by atoms with Gasteiger partial charge in [0.2, 0.25) is 0 Å². The van der Waals surface area contributed by atoms with Gasteiger partial charge < -0.3 is 9.88 Å². The molecule has 2 rings (SSSR count). The molecule has 0 spiro atoms. The molecule has 2 aromatic rings. The van der Waals surface area contributed by atoms with Crippen molar-refractivity contribution < 1.29 is 13.2 Å². The molecule has 0 radical (unpaired) electrons. The summed E-state index contributed by atoms with van der Waals surface area (Å²) in [6.45, 7) is -0.0156. The van der Waals surface area contributed by atoms with Crippen molar-refractivity contribution in [2.45, 2.75) is 12.7 Å². The van der Waals surface area contributed by atoms with Gasteiger partial charge in [-0.25, -0.2) is 4.98 Å². The van der Waals surface area contributed by atoms with Gasteiger partial charge in [-0.15, -0.1) is 0 Å². The highest BCUT2D eigenvalue weighted by Gasteiger charge is 2.31. The van der Waals surface area contributed by atoms with Crippen LogP contribution < -0.4 is 10.9 Å². The summed E-state index contributed by atoms with van der Waals surface area (Å²) >= 11 is 0. The Morgan fingerprint density at radius 3 is 2.65 bits per heavy atom. The van der Waals surface area contributed by atoms with E-state index in [1.54, 1.807) is 25.2 Å². The van der Waals surface area contributed by atoms with Crippen LogP contribution in [0.5, 0.6) is 0 Å². The van der Waals surface area contributed by atoms with Crippen LogP contribution in [0.4, 0.5) is 19.0 Å². The number of hydrogen-bond donors (Lipinski definition) is 1. The Morgan fingerprint density at radius 1 is 1.25 bits per heavy atom. The summed E-state index contributed by atoms with van der Waals surface area (Å²) < 4.78 is 38.8. The standard InChI is InChI=1S/C13H12F3N3O/c1-17-11-4-2-3-10(18-11)8-19-7-9(13(14,15)16)5-6-12(19)20/h2-7H,8H2,1H3,(H,17,18). The molecule has 2 aromatic heterocycles. The first kappa shape index (κ1) is 14.1. The van der Waals surface area contributed by atoms with Crippen LogP contribution in [0.25, 0.3) is 0 Å². The highest BCUT2D eigenvalue weighted by molar-refractivity contribution is 5.34. The number of nitrogens with one attached hydrogen (secondary N) is 1. The summed E-state index contributed by atoms with van der Waals surface area (Å²) in [5, 5.41) is 2.82. The number of anilines is 1. The number of rotatable bonds is 3. The summed E-state index contributed by atoms with van der Waals surface area (Å²) in [6, 6.07) is 6.76. The van der Waals surface area contributed by atoms with Gasteiger partial charge >= 0.3 is 6.18 Å². The Bertz CT molecular complexity index is 664. The second-order valence-corrected chi connectivity index (χ2v) is 4.15. The Hall–Kier alpha value is -2.31. The van der Waals surface area contributed by atoms with Crippen LogP contribution in [0.1, 0.15) is 11.3 Å². The fourth-order valence-corrected chi connectivity index (χ4v) is 1.70. The monoisotopic (exact) mass is 283 g/mol. The maximum Gasteiger partial charge on any atom is 0.417 e. The molecule has 4 nitrogen and oxygen atoms in total. The first-order valence-electron chi connectivity index (χ1n) is 5.81. The molecule has 2 heterocycles. The second-order valence-electron chi connectivity index (χ2n) is 4.15. The third-order valence-corrected chi connectivity index (χ3v) is 2.71. The molecule has 0 atom stereocenters. The number of pyridine rings is 2. The van der Waals surface area contributed by atoms with Gasteiger partial charge in [0, 0.05) is 19.3 Å². The lowest BCUT2D eigenvalue weighted by molar-refractivity contribution is -0.138. The number of aromatic nitrogens is 2. The molecule has 0 aliphatic rings. The molecule has 106 valence electrons. The molecule has 20 heavy (non-hydrogen) atoms. The maximum atomic E-state index is 12.6. The molecule has 0 bridgehead atoms. The molecule has 0 saturated heterocycles. The summed E-state index contributed by atoms with van der Waals surface area (Å²) in [5.41, 5.74) is -0.866. The van der Waals surface area contributed by atoms with E-state index in [0.717, 1.165) is 22.9 Å². The van der Waals surface area contributed by atoms with Gasteiger partial charge in [-0.05, 0) is 18.2 Å². The lowest BCUT2D eigenvalue weighted by atomic mass is 10.2. The number of hydrogen-bond acceptors (Lipinski definition) is 3. The van der Waals surface area contributed by atoms with Crippen molar-refractivity contribution in [3.63, 3.8) is 0 Å². The van der Waals surface area contributed by atoms with Crippen LogP contribution in [-0.2, 0) is 12.7 Å². The predicted octanol–water partition coefficient (Wildman–Crippen LogP) is 2.35. The van der Waals surface area contributed by atoms with Crippen LogP contribution in [0.15, 0.2) is 41.3 Å². The first-order valence-corrected chi connectivity index (χ1v) is 5.81. The van der Waals surface area contributed by atoms with Crippen LogP contribution in [-0.4, -0.2) is 16.6 Å². The zero-order valence-electron chi connectivity index (χ0n) is 10.6. The molecule has 0 fully saturated rings. The Labute approximate surface area is 112 Å². The summed E-state index contributed by atoms with van der Waals surface area (Å²) in [6.07, 6.45) is -3.67. The van der Waals surface area contributed by atoms with E-state index in [0.29, 0.717) is 11.5 Å². The number of halogens is 3. The van der Waals surface area contributed by atoms with Crippen LogP contribution in [0.2, 0.25) is 0 Å². The van der Waals surface area contributed by atoms with Gasteiger partial charge in [-0.3, -0.25) is 4.79 Å². The molecule has 0 aliphatic heterocycles. The van der Waals surface area contributed by atoms with E-state index in [9.17, 15) is 18.0 Å². The zero-order chi connectivity index (χ0) is 14.8.